The summed E-state index contributed by atoms with van der Waals surface area (Å²) in [5.41, 5.74) is 0.867. The van der Waals surface area contributed by atoms with Crippen molar-refractivity contribution in [3.8, 4) is 0 Å². The van der Waals surface area contributed by atoms with Gasteiger partial charge in [-0.2, -0.15) is 8.42 Å². The molecule has 0 aliphatic rings. The second kappa shape index (κ2) is 3.65. The predicted octanol–water partition coefficient (Wildman–Crippen LogP) is -1.25. The van der Waals surface area contributed by atoms with Crippen LogP contribution in [-0.4, -0.2) is 24.9 Å². The van der Waals surface area contributed by atoms with Crippen molar-refractivity contribution < 1.29 is 8.42 Å². The van der Waals surface area contributed by atoms with Crippen LogP contribution in [-0.2, 0) is 16.6 Å². The van der Waals surface area contributed by atoms with Gasteiger partial charge in [-0.3, -0.25) is 0 Å². The summed E-state index contributed by atoms with van der Waals surface area (Å²) in [6, 6.07) is 0. The molecule has 1 aromatic rings. The van der Waals surface area contributed by atoms with Crippen molar-refractivity contribution in [3.63, 3.8) is 0 Å². The summed E-state index contributed by atoms with van der Waals surface area (Å²) in [5, 5.41) is 4.71. The van der Waals surface area contributed by atoms with E-state index in [1.54, 1.807) is 6.20 Å². The van der Waals surface area contributed by atoms with Crippen LogP contribution in [0.4, 0.5) is 0 Å². The first-order chi connectivity index (χ1) is 5.58. The Morgan fingerprint density at radius 2 is 2.42 bits per heavy atom. The Balaban J connectivity index is 2.29. The monoisotopic (exact) mass is 190 g/mol. The minimum Gasteiger partial charge on any atom is -0.348 e. The lowest BCUT2D eigenvalue weighted by molar-refractivity contribution is 0.583. The van der Waals surface area contributed by atoms with Gasteiger partial charge in [-0.15, -0.1) is 0 Å². The average Bonchev–Trinajstić information content (AvgIpc) is 2.36. The lowest BCUT2D eigenvalue weighted by Gasteiger charge is -1.98. The van der Waals surface area contributed by atoms with E-state index in [2.05, 4.69) is 14.7 Å². The fourth-order valence-electron chi connectivity index (χ4n) is 0.749. The Morgan fingerprint density at radius 3 is 2.92 bits per heavy atom. The second-order valence-corrected chi connectivity index (χ2v) is 3.64. The topological polar surface area (TPSA) is 101 Å². The highest BCUT2D eigenvalue weighted by Crippen LogP contribution is 1.90. The number of aromatic nitrogens is 2. The second-order valence-electron chi connectivity index (χ2n) is 2.27. The molecule has 0 aliphatic heterocycles. The Labute approximate surface area is 70.4 Å². The van der Waals surface area contributed by atoms with Gasteiger partial charge in [0.2, 0.25) is 0 Å². The standard InChI is InChI=1S/C5H10N4O2S/c6-12(10,11)9-2-1-5-3-7-4-8-5/h3-4,9H,1-2H2,(H,7,8)(H2,6,10,11). The van der Waals surface area contributed by atoms with Gasteiger partial charge >= 0.3 is 0 Å². The fraction of sp³-hybridized carbons (Fsp3) is 0.400. The molecule has 4 N–H and O–H groups in total. The van der Waals surface area contributed by atoms with Crippen molar-refractivity contribution >= 4 is 10.2 Å². The molecule has 0 bridgehead atoms. The van der Waals surface area contributed by atoms with Gasteiger partial charge in [0, 0.05) is 24.9 Å². The molecule has 0 aliphatic carbocycles. The zero-order valence-electron chi connectivity index (χ0n) is 6.32. The Hall–Kier alpha value is -0.920. The molecule has 0 unspecified atom stereocenters. The minimum atomic E-state index is -3.56. The van der Waals surface area contributed by atoms with E-state index in [-0.39, 0.29) is 6.54 Å². The van der Waals surface area contributed by atoms with Crippen LogP contribution < -0.4 is 9.86 Å². The molecule has 0 amide bonds. The third-order valence-electron chi connectivity index (χ3n) is 1.25. The molecule has 6 nitrogen and oxygen atoms in total. The number of nitrogens with one attached hydrogen (secondary N) is 2. The smallest absolute Gasteiger partial charge is 0.274 e. The number of hydrogen-bond donors (Lipinski definition) is 3. The van der Waals surface area contributed by atoms with Gasteiger partial charge in [-0.25, -0.2) is 14.8 Å². The summed E-state index contributed by atoms with van der Waals surface area (Å²) in [7, 11) is -3.56. The van der Waals surface area contributed by atoms with Crippen LogP contribution in [0.2, 0.25) is 0 Å². The average molecular weight is 190 g/mol. The molecule has 0 spiro atoms. The molecule has 0 fully saturated rings. The van der Waals surface area contributed by atoms with E-state index in [1.807, 2.05) is 0 Å². The summed E-state index contributed by atoms with van der Waals surface area (Å²) < 4.78 is 23.0. The number of nitrogens with two attached hydrogens (primary N) is 1. The van der Waals surface area contributed by atoms with E-state index in [0.717, 1.165) is 5.69 Å². The van der Waals surface area contributed by atoms with Crippen molar-refractivity contribution in [3.05, 3.63) is 18.2 Å². The quantitative estimate of drug-likeness (QED) is 0.552. The number of imidazole rings is 1. The molecule has 0 atom stereocenters. The fourth-order valence-corrected chi connectivity index (χ4v) is 1.14. The number of nitrogens with zero attached hydrogens (tertiary/aromatic N) is 1. The van der Waals surface area contributed by atoms with E-state index in [4.69, 9.17) is 5.14 Å². The molecule has 68 valence electrons. The molecule has 0 aromatic carbocycles. The van der Waals surface area contributed by atoms with Crippen LogP contribution in [0.3, 0.4) is 0 Å². The van der Waals surface area contributed by atoms with Gasteiger partial charge in [0.1, 0.15) is 0 Å². The highest BCUT2D eigenvalue weighted by molar-refractivity contribution is 7.87. The van der Waals surface area contributed by atoms with Gasteiger partial charge < -0.3 is 4.98 Å². The molecule has 1 aromatic heterocycles. The largest absolute Gasteiger partial charge is 0.348 e. The number of aromatic amines is 1. The number of rotatable bonds is 4. The van der Waals surface area contributed by atoms with E-state index < -0.39 is 10.2 Å². The van der Waals surface area contributed by atoms with Crippen molar-refractivity contribution in [2.24, 2.45) is 5.14 Å². The van der Waals surface area contributed by atoms with Crippen LogP contribution in [0.1, 0.15) is 5.69 Å². The van der Waals surface area contributed by atoms with E-state index in [1.165, 1.54) is 6.33 Å². The van der Waals surface area contributed by atoms with Gasteiger partial charge in [-0.05, 0) is 0 Å². The molecule has 0 radical (unpaired) electrons. The van der Waals surface area contributed by atoms with Crippen LogP contribution in [0.15, 0.2) is 12.5 Å². The summed E-state index contributed by atoms with van der Waals surface area (Å²) in [6.45, 7) is 0.279. The summed E-state index contributed by atoms with van der Waals surface area (Å²) in [5.74, 6) is 0. The van der Waals surface area contributed by atoms with Gasteiger partial charge in [0.15, 0.2) is 0 Å². The Bertz CT molecular complexity index is 317. The SMILES string of the molecule is NS(=O)(=O)NCCc1cnc[nH]1. The van der Waals surface area contributed by atoms with E-state index in [9.17, 15) is 8.42 Å². The zero-order valence-corrected chi connectivity index (χ0v) is 7.13. The van der Waals surface area contributed by atoms with Crippen molar-refractivity contribution in [2.45, 2.75) is 6.42 Å². The molecular weight excluding hydrogens is 180 g/mol. The molecule has 0 saturated carbocycles. The van der Waals surface area contributed by atoms with E-state index in [0.29, 0.717) is 6.42 Å². The maximum Gasteiger partial charge on any atom is 0.274 e. The molecule has 1 rings (SSSR count). The maximum atomic E-state index is 10.4. The highest BCUT2D eigenvalue weighted by atomic mass is 32.2. The predicted molar refractivity (Wildman–Crippen MR) is 43.4 cm³/mol. The first-order valence-corrected chi connectivity index (χ1v) is 4.87. The van der Waals surface area contributed by atoms with Gasteiger partial charge in [0.05, 0.1) is 6.33 Å². The molecule has 1 heterocycles. The molecule has 12 heavy (non-hydrogen) atoms. The van der Waals surface area contributed by atoms with Crippen LogP contribution >= 0.6 is 0 Å². The zero-order chi connectivity index (χ0) is 9.03. The Morgan fingerprint density at radius 1 is 1.67 bits per heavy atom. The molecule has 0 saturated heterocycles. The number of H-pyrrole nitrogens is 1. The minimum absolute atomic E-state index is 0.279. The van der Waals surface area contributed by atoms with Gasteiger partial charge in [-0.1, -0.05) is 0 Å². The highest BCUT2D eigenvalue weighted by Gasteiger charge is 2.00. The number of hydrogen-bond acceptors (Lipinski definition) is 3. The normalized spacial score (nSPS) is 11.8. The lowest BCUT2D eigenvalue weighted by Crippen LogP contribution is -2.32. The lowest BCUT2D eigenvalue weighted by atomic mass is 10.3. The Kier molecular flexibility index (Phi) is 2.79. The molecule has 7 heteroatoms. The molecular formula is C5H10N4O2S. The summed E-state index contributed by atoms with van der Waals surface area (Å²) in [6.07, 6.45) is 3.72. The van der Waals surface area contributed by atoms with Gasteiger partial charge in [0.25, 0.3) is 10.2 Å². The first-order valence-electron chi connectivity index (χ1n) is 3.32. The maximum absolute atomic E-state index is 10.4. The van der Waals surface area contributed by atoms with Crippen LogP contribution in [0.5, 0.6) is 0 Å². The van der Waals surface area contributed by atoms with Crippen LogP contribution in [0.25, 0.3) is 0 Å². The van der Waals surface area contributed by atoms with Crippen molar-refractivity contribution in [1.29, 1.82) is 0 Å². The summed E-state index contributed by atoms with van der Waals surface area (Å²) in [4.78, 5) is 6.61. The van der Waals surface area contributed by atoms with Crippen LogP contribution in [0, 0.1) is 0 Å². The van der Waals surface area contributed by atoms with E-state index >= 15 is 0 Å². The first kappa shape index (κ1) is 9.17. The van der Waals surface area contributed by atoms with Crippen molar-refractivity contribution in [2.75, 3.05) is 6.54 Å². The summed E-state index contributed by atoms with van der Waals surface area (Å²) >= 11 is 0. The third-order valence-corrected chi connectivity index (χ3v) is 1.86. The third kappa shape index (κ3) is 3.46. The van der Waals surface area contributed by atoms with Crippen molar-refractivity contribution in [1.82, 2.24) is 14.7 Å².